The van der Waals surface area contributed by atoms with Gasteiger partial charge in [0.2, 0.25) is 0 Å². The summed E-state index contributed by atoms with van der Waals surface area (Å²) in [5.74, 6) is 3.27. The monoisotopic (exact) mass is 604 g/mol. The Morgan fingerprint density at radius 3 is 0.837 bits per heavy atom. The smallest absolute Gasteiger partial charge is 0.408 e. The van der Waals surface area contributed by atoms with Crippen molar-refractivity contribution in [2.45, 2.75) is 138 Å². The van der Waals surface area contributed by atoms with Crippen molar-refractivity contribution >= 4 is 8.60 Å². The molecule has 0 fully saturated rings. The third-order valence-corrected chi connectivity index (χ3v) is 9.05. The lowest BCUT2D eigenvalue weighted by Gasteiger charge is -2.27. The predicted octanol–water partition coefficient (Wildman–Crippen LogP) is 12.7. The molecule has 3 nitrogen and oxygen atoms in total. The quantitative estimate of drug-likeness (QED) is 0.227. The van der Waals surface area contributed by atoms with E-state index in [1.807, 2.05) is 0 Å². The highest BCUT2D eigenvalue weighted by Gasteiger charge is 2.28. The molecule has 0 radical (unpaired) electrons. The van der Waals surface area contributed by atoms with Crippen molar-refractivity contribution in [3.05, 3.63) is 88.0 Å². The van der Waals surface area contributed by atoms with Gasteiger partial charge in [-0.25, -0.2) is 0 Å². The zero-order chi connectivity index (χ0) is 32.5. The van der Waals surface area contributed by atoms with Crippen LogP contribution in [-0.4, -0.2) is 0 Å². The molecular formula is C39H57O3P. The van der Waals surface area contributed by atoms with Crippen molar-refractivity contribution in [2.24, 2.45) is 0 Å². The molecule has 0 bridgehead atoms. The van der Waals surface area contributed by atoms with Crippen molar-refractivity contribution in [1.29, 1.82) is 0 Å². The Morgan fingerprint density at radius 2 is 0.651 bits per heavy atom. The molecule has 3 rings (SSSR count). The van der Waals surface area contributed by atoms with E-state index in [9.17, 15) is 0 Å². The summed E-state index contributed by atoms with van der Waals surface area (Å²) in [5.41, 5.74) is 7.47. The molecule has 0 unspecified atom stereocenters. The standard InChI is InChI=1S/C39H57O3P/c1-25(2)31-22-28(37(7,8)9)16-19-34(31)40-43(41-35-20-17-29(38(10,11)12)23-32(35)26(3)4)42-36-21-18-30(39(13,14)15)24-33(36)27(5)6/h16-27H,1-15H3. The average Bonchev–Trinajstić information content (AvgIpc) is 2.87. The van der Waals surface area contributed by atoms with Gasteiger partial charge in [-0.1, -0.05) is 140 Å². The van der Waals surface area contributed by atoms with Gasteiger partial charge in [0.05, 0.1) is 0 Å². The fourth-order valence-electron chi connectivity index (χ4n) is 4.94. The lowest BCUT2D eigenvalue weighted by atomic mass is 9.84. The zero-order valence-corrected chi connectivity index (χ0v) is 30.5. The molecule has 0 aliphatic heterocycles. The predicted molar refractivity (Wildman–Crippen MR) is 186 cm³/mol. The number of rotatable bonds is 9. The van der Waals surface area contributed by atoms with E-state index in [4.69, 9.17) is 13.6 Å². The first-order chi connectivity index (χ1) is 19.7. The third kappa shape index (κ3) is 9.01. The Kier molecular flexibility index (Phi) is 10.8. The topological polar surface area (TPSA) is 27.7 Å². The Hall–Kier alpha value is -2.51. The van der Waals surface area contributed by atoms with Gasteiger partial charge >= 0.3 is 8.60 Å². The van der Waals surface area contributed by atoms with E-state index in [0.717, 1.165) is 33.9 Å². The van der Waals surface area contributed by atoms with Crippen LogP contribution in [0.25, 0.3) is 0 Å². The molecule has 43 heavy (non-hydrogen) atoms. The van der Waals surface area contributed by atoms with Crippen molar-refractivity contribution < 1.29 is 13.6 Å². The second kappa shape index (κ2) is 13.2. The molecule has 0 spiro atoms. The Balaban J connectivity index is 2.14. The minimum absolute atomic E-state index is 0.0435. The van der Waals surface area contributed by atoms with Crippen LogP contribution in [0.3, 0.4) is 0 Å². The van der Waals surface area contributed by atoms with Gasteiger partial charge in [0.15, 0.2) is 0 Å². The van der Waals surface area contributed by atoms with Crippen LogP contribution in [-0.2, 0) is 16.2 Å². The van der Waals surface area contributed by atoms with Gasteiger partial charge in [-0.2, -0.15) is 0 Å². The van der Waals surface area contributed by atoms with Gasteiger partial charge in [-0.3, -0.25) is 0 Å². The summed E-state index contributed by atoms with van der Waals surface area (Å²) in [6.45, 7) is 33.5. The van der Waals surface area contributed by atoms with Crippen molar-refractivity contribution in [1.82, 2.24) is 0 Å². The van der Waals surface area contributed by atoms with E-state index in [1.165, 1.54) is 16.7 Å². The van der Waals surface area contributed by atoms with Crippen LogP contribution in [0.2, 0.25) is 0 Å². The molecule has 3 aromatic carbocycles. The molecule has 0 aliphatic rings. The van der Waals surface area contributed by atoms with Gasteiger partial charge in [-0.15, -0.1) is 0 Å². The molecule has 0 N–H and O–H groups in total. The molecule has 4 heteroatoms. The maximum Gasteiger partial charge on any atom is 0.530 e. The maximum absolute atomic E-state index is 6.77. The summed E-state index contributed by atoms with van der Waals surface area (Å²) in [5, 5.41) is 0. The van der Waals surface area contributed by atoms with Gasteiger partial charge in [0.1, 0.15) is 17.2 Å². The van der Waals surface area contributed by atoms with Crippen LogP contribution in [0.5, 0.6) is 17.2 Å². The van der Waals surface area contributed by atoms with Gasteiger partial charge in [-0.05, 0) is 85.6 Å². The van der Waals surface area contributed by atoms with Crippen LogP contribution in [0.1, 0.15) is 155 Å². The first kappa shape index (κ1) is 35.0. The minimum atomic E-state index is -1.83. The van der Waals surface area contributed by atoms with Crippen LogP contribution in [0.4, 0.5) is 0 Å². The van der Waals surface area contributed by atoms with Crippen LogP contribution < -0.4 is 13.6 Å². The third-order valence-electron chi connectivity index (χ3n) is 8.01. The van der Waals surface area contributed by atoms with Crippen LogP contribution >= 0.6 is 8.60 Å². The normalized spacial score (nSPS) is 12.9. The van der Waals surface area contributed by atoms with Gasteiger partial charge in [0.25, 0.3) is 0 Å². The fourth-order valence-corrected chi connectivity index (χ4v) is 6.04. The zero-order valence-electron chi connectivity index (χ0n) is 29.6. The molecular weight excluding hydrogens is 547 g/mol. The summed E-state index contributed by atoms with van der Waals surface area (Å²) in [6.07, 6.45) is 0. The lowest BCUT2D eigenvalue weighted by Crippen LogP contribution is -2.14. The second-order valence-corrected chi connectivity index (χ2v) is 17.0. The molecule has 0 saturated carbocycles. The van der Waals surface area contributed by atoms with Gasteiger partial charge in [0, 0.05) is 0 Å². The molecule has 0 saturated heterocycles. The summed E-state index contributed by atoms with van der Waals surface area (Å²) < 4.78 is 20.3. The summed E-state index contributed by atoms with van der Waals surface area (Å²) >= 11 is 0. The lowest BCUT2D eigenvalue weighted by molar-refractivity contribution is 0.380. The summed E-state index contributed by atoms with van der Waals surface area (Å²) in [7, 11) is -1.83. The van der Waals surface area contributed by atoms with Crippen molar-refractivity contribution in [3.63, 3.8) is 0 Å². The van der Waals surface area contributed by atoms with E-state index in [2.05, 4.69) is 158 Å². The number of hydrogen-bond donors (Lipinski definition) is 0. The van der Waals surface area contributed by atoms with Crippen molar-refractivity contribution in [2.75, 3.05) is 0 Å². The summed E-state index contributed by atoms with van der Waals surface area (Å²) in [4.78, 5) is 0. The minimum Gasteiger partial charge on any atom is -0.408 e. The molecule has 0 aromatic heterocycles. The Bertz CT molecular complexity index is 1210. The van der Waals surface area contributed by atoms with E-state index in [1.54, 1.807) is 0 Å². The Morgan fingerprint density at radius 1 is 0.419 bits per heavy atom. The summed E-state index contributed by atoms with van der Waals surface area (Å²) in [6, 6.07) is 19.6. The molecule has 236 valence electrons. The fraction of sp³-hybridized carbons (Fsp3) is 0.538. The highest BCUT2D eigenvalue weighted by Crippen LogP contribution is 2.48. The largest absolute Gasteiger partial charge is 0.530 e. The molecule has 0 heterocycles. The maximum atomic E-state index is 6.77. The molecule has 0 atom stereocenters. The number of hydrogen-bond acceptors (Lipinski definition) is 3. The SMILES string of the molecule is CC(C)c1cc(C(C)(C)C)ccc1OP(Oc1ccc(C(C)(C)C)cc1C(C)C)Oc1ccc(C(C)(C)C)cc1C(C)C. The first-order valence-corrected chi connectivity index (χ1v) is 17.0. The van der Waals surface area contributed by atoms with E-state index in [0.29, 0.717) is 0 Å². The van der Waals surface area contributed by atoms with E-state index in [-0.39, 0.29) is 34.0 Å². The van der Waals surface area contributed by atoms with Crippen molar-refractivity contribution in [3.8, 4) is 17.2 Å². The van der Waals surface area contributed by atoms with Crippen LogP contribution in [0.15, 0.2) is 54.6 Å². The highest BCUT2D eigenvalue weighted by atomic mass is 31.2. The Labute approximate surface area is 264 Å². The van der Waals surface area contributed by atoms with Gasteiger partial charge < -0.3 is 13.6 Å². The van der Waals surface area contributed by atoms with E-state index >= 15 is 0 Å². The molecule has 3 aromatic rings. The second-order valence-electron chi connectivity index (χ2n) is 16.0. The van der Waals surface area contributed by atoms with E-state index < -0.39 is 8.60 Å². The number of benzene rings is 3. The highest BCUT2D eigenvalue weighted by molar-refractivity contribution is 7.43. The average molecular weight is 605 g/mol. The van der Waals surface area contributed by atoms with Crippen LogP contribution in [0, 0.1) is 0 Å². The first-order valence-electron chi connectivity index (χ1n) is 16.0. The molecule has 0 amide bonds. The molecule has 0 aliphatic carbocycles.